The van der Waals surface area contributed by atoms with E-state index in [1.165, 1.54) is 0 Å². The summed E-state index contributed by atoms with van der Waals surface area (Å²) < 4.78 is 14.3. The lowest BCUT2D eigenvalue weighted by molar-refractivity contribution is 0.599. The van der Waals surface area contributed by atoms with Crippen LogP contribution in [0.1, 0.15) is 16.7 Å². The Bertz CT molecular complexity index is 284. The minimum atomic E-state index is -0.182. The molecule has 0 atom stereocenters. The lowest BCUT2D eigenvalue weighted by Crippen LogP contribution is -2.04. The van der Waals surface area contributed by atoms with Crippen molar-refractivity contribution in [2.75, 3.05) is 0 Å². The van der Waals surface area contributed by atoms with Crippen molar-refractivity contribution < 1.29 is 4.39 Å². The second kappa shape index (κ2) is 3.54. The lowest BCUT2D eigenvalue weighted by atomic mass is 10.0. The van der Waals surface area contributed by atoms with E-state index in [1.807, 2.05) is 6.92 Å². The quantitative estimate of drug-likeness (QED) is 0.791. The van der Waals surface area contributed by atoms with Crippen molar-refractivity contribution in [1.82, 2.24) is 0 Å². The third-order valence-electron chi connectivity index (χ3n) is 1.97. The molecule has 0 spiro atoms. The molecule has 66 valence electrons. The zero-order valence-electron chi connectivity index (χ0n) is 7.12. The van der Waals surface area contributed by atoms with Crippen LogP contribution in [0.25, 0.3) is 0 Å². The number of benzene rings is 1. The van der Waals surface area contributed by atoms with Gasteiger partial charge in [0, 0.05) is 16.6 Å². The molecule has 0 fully saturated rings. The Morgan fingerprint density at radius 2 is 2.08 bits per heavy atom. The van der Waals surface area contributed by atoms with Gasteiger partial charge in [-0.1, -0.05) is 15.9 Å². The number of aryl methyl sites for hydroxylation is 1. The molecule has 3 heteroatoms. The SMILES string of the molecule is Cc1cc(Br)c(C)c(CN)c1F. The molecule has 1 aromatic carbocycles. The van der Waals surface area contributed by atoms with Crippen LogP contribution < -0.4 is 5.73 Å². The molecule has 0 amide bonds. The molecular weight excluding hydrogens is 221 g/mol. The van der Waals surface area contributed by atoms with E-state index in [0.717, 1.165) is 10.0 Å². The van der Waals surface area contributed by atoms with Gasteiger partial charge in [-0.3, -0.25) is 0 Å². The zero-order valence-corrected chi connectivity index (χ0v) is 8.70. The van der Waals surface area contributed by atoms with Gasteiger partial charge in [-0.05, 0) is 31.0 Å². The van der Waals surface area contributed by atoms with E-state index in [9.17, 15) is 4.39 Å². The predicted molar refractivity (Wildman–Crippen MR) is 51.5 cm³/mol. The Balaban J connectivity index is 3.42. The Morgan fingerprint density at radius 3 is 2.58 bits per heavy atom. The maximum atomic E-state index is 13.3. The second-order valence-corrected chi connectivity index (χ2v) is 3.65. The molecule has 0 saturated heterocycles. The topological polar surface area (TPSA) is 26.0 Å². The molecular formula is C9H11BrFN. The minimum absolute atomic E-state index is 0.182. The second-order valence-electron chi connectivity index (χ2n) is 2.80. The van der Waals surface area contributed by atoms with Crippen molar-refractivity contribution >= 4 is 15.9 Å². The number of nitrogens with two attached hydrogens (primary N) is 1. The van der Waals surface area contributed by atoms with E-state index in [1.54, 1.807) is 13.0 Å². The first-order valence-electron chi connectivity index (χ1n) is 3.72. The maximum Gasteiger partial charge on any atom is 0.130 e. The van der Waals surface area contributed by atoms with Crippen LogP contribution in [0, 0.1) is 19.7 Å². The van der Waals surface area contributed by atoms with Gasteiger partial charge in [0.05, 0.1) is 0 Å². The fourth-order valence-electron chi connectivity index (χ4n) is 1.15. The number of rotatable bonds is 1. The van der Waals surface area contributed by atoms with Crippen molar-refractivity contribution in [2.24, 2.45) is 5.73 Å². The maximum absolute atomic E-state index is 13.3. The van der Waals surface area contributed by atoms with Crippen molar-refractivity contribution in [1.29, 1.82) is 0 Å². The van der Waals surface area contributed by atoms with Crippen molar-refractivity contribution in [3.8, 4) is 0 Å². The third-order valence-corrected chi connectivity index (χ3v) is 2.79. The third kappa shape index (κ3) is 1.52. The highest BCUT2D eigenvalue weighted by atomic mass is 79.9. The first-order valence-corrected chi connectivity index (χ1v) is 4.51. The summed E-state index contributed by atoms with van der Waals surface area (Å²) in [6, 6.07) is 1.77. The van der Waals surface area contributed by atoms with Gasteiger partial charge in [0.1, 0.15) is 5.82 Å². The molecule has 0 radical (unpaired) electrons. The van der Waals surface area contributed by atoms with Gasteiger partial charge < -0.3 is 5.73 Å². The Hall–Kier alpha value is -0.410. The Labute approximate surface area is 79.9 Å². The van der Waals surface area contributed by atoms with Crippen LogP contribution in [-0.4, -0.2) is 0 Å². The minimum Gasteiger partial charge on any atom is -0.326 e. The van der Waals surface area contributed by atoms with E-state index < -0.39 is 0 Å². The molecule has 2 N–H and O–H groups in total. The summed E-state index contributed by atoms with van der Waals surface area (Å²) >= 11 is 3.35. The van der Waals surface area contributed by atoms with E-state index in [2.05, 4.69) is 15.9 Å². The zero-order chi connectivity index (χ0) is 9.30. The van der Waals surface area contributed by atoms with Crippen molar-refractivity contribution in [2.45, 2.75) is 20.4 Å². The highest BCUT2D eigenvalue weighted by Gasteiger charge is 2.09. The summed E-state index contributed by atoms with van der Waals surface area (Å²) in [6.45, 7) is 3.84. The van der Waals surface area contributed by atoms with Gasteiger partial charge in [-0.2, -0.15) is 0 Å². The predicted octanol–water partition coefficient (Wildman–Crippen LogP) is 2.66. The van der Waals surface area contributed by atoms with Gasteiger partial charge in [0.2, 0.25) is 0 Å². The van der Waals surface area contributed by atoms with Crippen LogP contribution in [0.4, 0.5) is 4.39 Å². The first kappa shape index (κ1) is 9.68. The highest BCUT2D eigenvalue weighted by molar-refractivity contribution is 9.10. The molecule has 1 rings (SSSR count). The van der Waals surface area contributed by atoms with Crippen molar-refractivity contribution in [3.63, 3.8) is 0 Å². The molecule has 0 saturated carbocycles. The summed E-state index contributed by atoms with van der Waals surface area (Å²) in [5, 5.41) is 0. The van der Waals surface area contributed by atoms with Gasteiger partial charge in [0.15, 0.2) is 0 Å². The Morgan fingerprint density at radius 1 is 1.50 bits per heavy atom. The van der Waals surface area contributed by atoms with E-state index in [-0.39, 0.29) is 12.4 Å². The van der Waals surface area contributed by atoms with E-state index in [4.69, 9.17) is 5.73 Å². The molecule has 0 aliphatic carbocycles. The first-order chi connectivity index (χ1) is 5.57. The highest BCUT2D eigenvalue weighted by Crippen LogP contribution is 2.24. The summed E-state index contributed by atoms with van der Waals surface area (Å²) in [5.41, 5.74) is 7.55. The average molecular weight is 232 g/mol. The number of halogens is 2. The summed E-state index contributed by atoms with van der Waals surface area (Å²) in [6.07, 6.45) is 0. The fraction of sp³-hybridized carbons (Fsp3) is 0.333. The summed E-state index contributed by atoms with van der Waals surface area (Å²) in [7, 11) is 0. The van der Waals surface area contributed by atoms with E-state index in [0.29, 0.717) is 11.1 Å². The summed E-state index contributed by atoms with van der Waals surface area (Å²) in [4.78, 5) is 0. The molecule has 0 unspecified atom stereocenters. The number of hydrogen-bond donors (Lipinski definition) is 1. The molecule has 1 aromatic rings. The van der Waals surface area contributed by atoms with Crippen LogP contribution in [0.2, 0.25) is 0 Å². The van der Waals surface area contributed by atoms with Crippen LogP contribution in [0.15, 0.2) is 10.5 Å². The smallest absolute Gasteiger partial charge is 0.130 e. The average Bonchev–Trinajstić information content (AvgIpc) is 2.02. The van der Waals surface area contributed by atoms with Crippen molar-refractivity contribution in [3.05, 3.63) is 33.0 Å². The monoisotopic (exact) mass is 231 g/mol. The molecule has 12 heavy (non-hydrogen) atoms. The molecule has 0 bridgehead atoms. The van der Waals surface area contributed by atoms with Gasteiger partial charge in [0.25, 0.3) is 0 Å². The van der Waals surface area contributed by atoms with Crippen LogP contribution in [0.3, 0.4) is 0 Å². The molecule has 0 aromatic heterocycles. The largest absolute Gasteiger partial charge is 0.326 e. The normalized spacial score (nSPS) is 10.4. The standard InChI is InChI=1S/C9H11BrFN/c1-5-3-8(10)6(2)7(4-12)9(5)11/h3H,4,12H2,1-2H3. The number of hydrogen-bond acceptors (Lipinski definition) is 1. The lowest BCUT2D eigenvalue weighted by Gasteiger charge is -2.09. The van der Waals surface area contributed by atoms with E-state index >= 15 is 0 Å². The molecule has 1 nitrogen and oxygen atoms in total. The Kier molecular flexibility index (Phi) is 2.85. The molecule has 0 aliphatic rings. The van der Waals surface area contributed by atoms with Crippen LogP contribution in [-0.2, 0) is 6.54 Å². The molecule has 0 heterocycles. The van der Waals surface area contributed by atoms with Crippen LogP contribution >= 0.6 is 15.9 Å². The van der Waals surface area contributed by atoms with Gasteiger partial charge in [-0.15, -0.1) is 0 Å². The fourth-order valence-corrected chi connectivity index (χ4v) is 1.73. The van der Waals surface area contributed by atoms with Gasteiger partial charge >= 0.3 is 0 Å². The van der Waals surface area contributed by atoms with Crippen LogP contribution in [0.5, 0.6) is 0 Å². The molecule has 0 aliphatic heterocycles. The van der Waals surface area contributed by atoms with Gasteiger partial charge in [-0.25, -0.2) is 4.39 Å². The summed E-state index contributed by atoms with van der Waals surface area (Å²) in [5.74, 6) is -0.182.